The largest absolute Gasteiger partial charge is 0.489 e. The van der Waals surface area contributed by atoms with Crippen molar-refractivity contribution in [3.8, 4) is 5.75 Å². The number of hydrogen-bond acceptors (Lipinski definition) is 3. The summed E-state index contributed by atoms with van der Waals surface area (Å²) in [5.41, 5.74) is 0. The van der Waals surface area contributed by atoms with Crippen LogP contribution in [0.2, 0.25) is 0 Å². The Hall–Kier alpha value is -0.400. The lowest BCUT2D eigenvalue weighted by Crippen LogP contribution is -2.17. The van der Waals surface area contributed by atoms with E-state index >= 15 is 0 Å². The Morgan fingerprint density at radius 1 is 1.44 bits per heavy atom. The van der Waals surface area contributed by atoms with Gasteiger partial charge in [-0.2, -0.15) is 0 Å². The van der Waals surface area contributed by atoms with Crippen LogP contribution in [0, 0.1) is 17.6 Å². The number of ether oxygens (including phenoxy) is 1. The first-order chi connectivity index (χ1) is 8.19. The van der Waals surface area contributed by atoms with Gasteiger partial charge in [0.1, 0.15) is 5.82 Å². The van der Waals surface area contributed by atoms with Crippen molar-refractivity contribution in [3.63, 3.8) is 0 Å². The van der Waals surface area contributed by atoms with Gasteiger partial charge < -0.3 is 4.74 Å². The molecule has 1 rings (SSSR count). The lowest BCUT2D eigenvalue weighted by atomic mass is 10.2. The van der Waals surface area contributed by atoms with Crippen molar-refractivity contribution in [3.05, 3.63) is 28.2 Å². The lowest BCUT2D eigenvalue weighted by molar-refractivity contribution is 0.258. The van der Waals surface area contributed by atoms with Gasteiger partial charge in [0.15, 0.2) is 11.6 Å². The van der Waals surface area contributed by atoms with Gasteiger partial charge >= 0.3 is 0 Å². The zero-order valence-electron chi connectivity index (χ0n) is 9.29. The normalized spacial score (nSPS) is 13.4. The van der Waals surface area contributed by atoms with Crippen LogP contribution in [-0.2, 0) is 9.05 Å². The molecule has 1 aromatic rings. The molecule has 0 fully saturated rings. The Morgan fingerprint density at radius 3 is 2.56 bits per heavy atom. The van der Waals surface area contributed by atoms with Crippen molar-refractivity contribution in [2.24, 2.45) is 5.92 Å². The van der Waals surface area contributed by atoms with Crippen molar-refractivity contribution in [1.82, 2.24) is 0 Å². The van der Waals surface area contributed by atoms with E-state index in [0.717, 1.165) is 6.07 Å². The number of rotatable bonds is 5. The second kappa shape index (κ2) is 6.16. The van der Waals surface area contributed by atoms with Gasteiger partial charge in [-0.3, -0.25) is 0 Å². The van der Waals surface area contributed by atoms with Crippen LogP contribution >= 0.6 is 26.6 Å². The zero-order valence-corrected chi connectivity index (χ0v) is 12.4. The molecule has 0 aliphatic heterocycles. The van der Waals surface area contributed by atoms with Crippen molar-refractivity contribution in [1.29, 1.82) is 0 Å². The highest BCUT2D eigenvalue weighted by Crippen LogP contribution is 2.29. The summed E-state index contributed by atoms with van der Waals surface area (Å²) in [5.74, 6) is -2.44. The van der Waals surface area contributed by atoms with Crippen molar-refractivity contribution < 1.29 is 21.9 Å². The van der Waals surface area contributed by atoms with Gasteiger partial charge in [0.05, 0.1) is 16.8 Å². The molecule has 1 atom stereocenters. The predicted octanol–water partition coefficient (Wildman–Crippen LogP) is 3.31. The van der Waals surface area contributed by atoms with Gasteiger partial charge in [-0.05, 0) is 22.0 Å². The van der Waals surface area contributed by atoms with E-state index in [1.165, 1.54) is 0 Å². The first kappa shape index (κ1) is 15.7. The summed E-state index contributed by atoms with van der Waals surface area (Å²) >= 11 is 2.96. The van der Waals surface area contributed by atoms with Gasteiger partial charge in [-0.15, -0.1) is 0 Å². The minimum Gasteiger partial charge on any atom is -0.489 e. The van der Waals surface area contributed by atoms with Crippen molar-refractivity contribution >= 4 is 35.7 Å². The van der Waals surface area contributed by atoms with Gasteiger partial charge in [0.2, 0.25) is 9.05 Å². The zero-order chi connectivity index (χ0) is 13.9. The van der Waals surface area contributed by atoms with Gasteiger partial charge in [0, 0.05) is 22.7 Å². The highest BCUT2D eigenvalue weighted by atomic mass is 79.9. The molecule has 0 aliphatic rings. The molecule has 1 aromatic carbocycles. The molecule has 0 bridgehead atoms. The van der Waals surface area contributed by atoms with Crippen LogP contribution < -0.4 is 4.74 Å². The van der Waals surface area contributed by atoms with Crippen molar-refractivity contribution in [2.45, 2.75) is 6.92 Å². The predicted molar refractivity (Wildman–Crippen MR) is 68.4 cm³/mol. The third kappa shape index (κ3) is 5.07. The third-order valence-corrected chi connectivity index (χ3v) is 3.89. The molecular formula is C10H10BrClF2O3S. The van der Waals surface area contributed by atoms with E-state index in [1.54, 1.807) is 6.92 Å². The molecule has 0 saturated heterocycles. The second-order valence-electron chi connectivity index (χ2n) is 3.82. The quantitative estimate of drug-likeness (QED) is 0.754. The summed E-state index contributed by atoms with van der Waals surface area (Å²) in [7, 11) is 1.45. The molecule has 0 aliphatic carbocycles. The highest BCUT2D eigenvalue weighted by molar-refractivity contribution is 9.10. The van der Waals surface area contributed by atoms with Crippen LogP contribution in [0.4, 0.5) is 8.78 Å². The standard InChI is InChI=1S/C10H10BrClF2O3S/c1-6(5-18(12,15)16)4-17-10-8(11)2-7(13)3-9(10)14/h2-3,6H,4-5H2,1H3. The molecule has 1 unspecified atom stereocenters. The summed E-state index contributed by atoms with van der Waals surface area (Å²) in [6.45, 7) is 1.54. The number of benzene rings is 1. The summed E-state index contributed by atoms with van der Waals surface area (Å²) in [6.07, 6.45) is 0. The molecule has 0 heterocycles. The molecular weight excluding hydrogens is 354 g/mol. The van der Waals surface area contributed by atoms with E-state index in [4.69, 9.17) is 15.4 Å². The van der Waals surface area contributed by atoms with Crippen LogP contribution in [0.25, 0.3) is 0 Å². The minimum atomic E-state index is -3.63. The first-order valence-corrected chi connectivity index (χ1v) is 8.16. The average molecular weight is 364 g/mol. The maximum absolute atomic E-state index is 13.4. The molecule has 102 valence electrons. The van der Waals surface area contributed by atoms with E-state index in [1.807, 2.05) is 0 Å². The summed E-state index contributed by atoms with van der Waals surface area (Å²) in [5, 5.41) is 0. The molecule has 18 heavy (non-hydrogen) atoms. The van der Waals surface area contributed by atoms with E-state index < -0.39 is 26.6 Å². The van der Waals surface area contributed by atoms with Gasteiger partial charge in [0.25, 0.3) is 0 Å². The molecule has 0 aromatic heterocycles. The highest BCUT2D eigenvalue weighted by Gasteiger charge is 2.16. The fourth-order valence-electron chi connectivity index (χ4n) is 1.28. The molecule has 3 nitrogen and oxygen atoms in total. The molecule has 0 radical (unpaired) electrons. The molecule has 0 N–H and O–H groups in total. The summed E-state index contributed by atoms with van der Waals surface area (Å²) in [4.78, 5) is 0. The van der Waals surface area contributed by atoms with Crippen LogP contribution in [0.3, 0.4) is 0 Å². The van der Waals surface area contributed by atoms with Gasteiger partial charge in [-0.25, -0.2) is 17.2 Å². The third-order valence-electron chi connectivity index (χ3n) is 1.96. The first-order valence-electron chi connectivity index (χ1n) is 4.88. The van der Waals surface area contributed by atoms with Crippen LogP contribution in [0.1, 0.15) is 6.92 Å². The Labute approximate surface area is 117 Å². The molecule has 8 heteroatoms. The fraction of sp³-hybridized carbons (Fsp3) is 0.400. The molecule has 0 amide bonds. The maximum atomic E-state index is 13.4. The van der Waals surface area contributed by atoms with E-state index in [2.05, 4.69) is 15.9 Å². The Morgan fingerprint density at radius 2 is 2.06 bits per heavy atom. The van der Waals surface area contributed by atoms with E-state index in [9.17, 15) is 17.2 Å². The molecule has 0 saturated carbocycles. The number of halogens is 4. The van der Waals surface area contributed by atoms with Crippen LogP contribution in [0.15, 0.2) is 16.6 Å². The fourth-order valence-corrected chi connectivity index (χ4v) is 3.22. The summed E-state index contributed by atoms with van der Waals surface area (Å²) < 4.78 is 53.0. The van der Waals surface area contributed by atoms with Gasteiger partial charge in [-0.1, -0.05) is 6.92 Å². The SMILES string of the molecule is CC(COc1c(F)cc(F)cc1Br)CS(=O)(=O)Cl. The van der Waals surface area contributed by atoms with Crippen LogP contribution in [0.5, 0.6) is 5.75 Å². The monoisotopic (exact) mass is 362 g/mol. The average Bonchev–Trinajstić information content (AvgIpc) is 2.12. The lowest BCUT2D eigenvalue weighted by Gasteiger charge is -2.13. The molecule has 0 spiro atoms. The second-order valence-corrected chi connectivity index (χ2v) is 7.50. The van der Waals surface area contributed by atoms with E-state index in [0.29, 0.717) is 6.07 Å². The summed E-state index contributed by atoms with van der Waals surface area (Å²) in [6, 6.07) is 1.74. The smallest absolute Gasteiger partial charge is 0.232 e. The number of hydrogen-bond donors (Lipinski definition) is 0. The minimum absolute atomic E-state index is 0.0485. The Bertz CT molecular complexity index is 513. The van der Waals surface area contributed by atoms with Crippen LogP contribution in [-0.4, -0.2) is 20.8 Å². The Balaban J connectivity index is 2.70. The van der Waals surface area contributed by atoms with E-state index in [-0.39, 0.29) is 22.6 Å². The Kier molecular flexibility index (Phi) is 5.36. The maximum Gasteiger partial charge on any atom is 0.232 e. The van der Waals surface area contributed by atoms with Crippen molar-refractivity contribution in [2.75, 3.05) is 12.4 Å². The topological polar surface area (TPSA) is 43.4 Å².